The Labute approximate surface area is 200 Å². The summed E-state index contributed by atoms with van der Waals surface area (Å²) in [6, 6.07) is 25.8. The average molecular weight is 465 g/mol. The van der Waals surface area contributed by atoms with Crippen LogP contribution in [0.2, 0.25) is 5.02 Å². The van der Waals surface area contributed by atoms with Crippen molar-refractivity contribution in [3.63, 3.8) is 0 Å². The Morgan fingerprint density at radius 1 is 0.848 bits per heavy atom. The Bertz CT molecular complexity index is 1010. The molecular weight excluding hydrogens is 436 g/mol. The second kappa shape index (κ2) is 12.8. The van der Waals surface area contributed by atoms with Crippen molar-refractivity contribution in [3.8, 4) is 0 Å². The molecule has 0 radical (unpaired) electrons. The molecule has 2 amide bonds. The van der Waals surface area contributed by atoms with Crippen molar-refractivity contribution in [1.82, 2.24) is 10.2 Å². The number of nitrogens with zero attached hydrogens (tertiary/aromatic N) is 1. The molecule has 0 aliphatic carbocycles. The summed E-state index contributed by atoms with van der Waals surface area (Å²) < 4.78 is 0. The lowest BCUT2D eigenvalue weighted by Crippen LogP contribution is -2.51. The van der Waals surface area contributed by atoms with Gasteiger partial charge in [-0.1, -0.05) is 84.4 Å². The number of benzene rings is 3. The molecule has 0 saturated heterocycles. The van der Waals surface area contributed by atoms with Crippen LogP contribution in [0.4, 0.5) is 0 Å². The van der Waals surface area contributed by atoms with Crippen LogP contribution >= 0.6 is 11.6 Å². The highest BCUT2D eigenvalue weighted by molar-refractivity contribution is 6.30. The number of hydrogen-bond donors (Lipinski definition) is 2. The van der Waals surface area contributed by atoms with E-state index in [1.807, 2.05) is 72.8 Å². The van der Waals surface area contributed by atoms with Crippen molar-refractivity contribution >= 4 is 23.4 Å². The third-order valence-electron chi connectivity index (χ3n) is 5.37. The van der Waals surface area contributed by atoms with E-state index in [1.54, 1.807) is 17.0 Å². The van der Waals surface area contributed by atoms with Gasteiger partial charge in [0.15, 0.2) is 0 Å². The summed E-state index contributed by atoms with van der Waals surface area (Å²) in [5.41, 5.74) is 2.75. The quantitative estimate of drug-likeness (QED) is 0.421. The number of rotatable bonds is 11. The second-order valence-electron chi connectivity index (χ2n) is 7.88. The summed E-state index contributed by atoms with van der Waals surface area (Å²) >= 11 is 6.04. The highest BCUT2D eigenvalue weighted by Gasteiger charge is 2.30. The SMILES string of the molecule is O=C(NCCCO)[C@@H](Cc1ccccc1)N(Cc1ccc(Cl)cc1)C(=O)Cc1ccccc1. The average Bonchev–Trinajstić information content (AvgIpc) is 2.84. The van der Waals surface area contributed by atoms with Crippen LogP contribution in [-0.4, -0.2) is 41.0 Å². The normalized spacial score (nSPS) is 11.6. The number of hydrogen-bond acceptors (Lipinski definition) is 3. The van der Waals surface area contributed by atoms with Crippen molar-refractivity contribution < 1.29 is 14.7 Å². The topological polar surface area (TPSA) is 69.6 Å². The van der Waals surface area contributed by atoms with Crippen LogP contribution in [0.1, 0.15) is 23.1 Å². The van der Waals surface area contributed by atoms with E-state index in [1.165, 1.54) is 0 Å². The minimum absolute atomic E-state index is 0.00887. The van der Waals surface area contributed by atoms with Crippen LogP contribution in [0, 0.1) is 0 Å². The second-order valence-corrected chi connectivity index (χ2v) is 8.32. The van der Waals surface area contributed by atoms with Crippen LogP contribution in [0.5, 0.6) is 0 Å². The minimum Gasteiger partial charge on any atom is -0.396 e. The lowest BCUT2D eigenvalue weighted by molar-refractivity contribution is -0.140. The smallest absolute Gasteiger partial charge is 0.243 e. The number of aliphatic hydroxyl groups is 1. The third-order valence-corrected chi connectivity index (χ3v) is 5.62. The number of nitrogens with one attached hydrogen (secondary N) is 1. The number of halogens is 1. The fourth-order valence-electron chi connectivity index (χ4n) is 3.62. The van der Waals surface area contributed by atoms with E-state index in [0.717, 1.165) is 16.7 Å². The molecule has 0 aliphatic rings. The van der Waals surface area contributed by atoms with E-state index in [2.05, 4.69) is 5.32 Å². The molecule has 0 bridgehead atoms. The summed E-state index contributed by atoms with van der Waals surface area (Å²) in [7, 11) is 0. The predicted octanol–water partition coefficient (Wildman–Crippen LogP) is 4.02. The zero-order valence-electron chi connectivity index (χ0n) is 18.5. The molecule has 1 atom stereocenters. The van der Waals surface area contributed by atoms with Crippen LogP contribution < -0.4 is 5.32 Å². The molecule has 3 aromatic rings. The lowest BCUT2D eigenvalue weighted by atomic mass is 10.0. The molecule has 0 unspecified atom stereocenters. The molecule has 33 heavy (non-hydrogen) atoms. The summed E-state index contributed by atoms with van der Waals surface area (Å²) in [4.78, 5) is 28.4. The van der Waals surface area contributed by atoms with Gasteiger partial charge in [-0.15, -0.1) is 0 Å². The molecule has 172 valence electrons. The van der Waals surface area contributed by atoms with Crippen molar-refractivity contribution in [2.75, 3.05) is 13.2 Å². The van der Waals surface area contributed by atoms with Gasteiger partial charge < -0.3 is 15.3 Å². The van der Waals surface area contributed by atoms with E-state index in [4.69, 9.17) is 16.7 Å². The first-order valence-electron chi connectivity index (χ1n) is 11.1. The standard InChI is InChI=1S/C27H29ClN2O3/c28-24-14-12-23(13-15-24)20-30(26(32)19-22-10-5-2-6-11-22)25(27(33)29-16-7-17-31)18-21-8-3-1-4-9-21/h1-6,8-15,25,31H,7,16-20H2,(H,29,33)/t25-/m1/s1. The first-order valence-corrected chi connectivity index (χ1v) is 11.4. The summed E-state index contributed by atoms with van der Waals surface area (Å²) in [6.45, 7) is 0.626. The largest absolute Gasteiger partial charge is 0.396 e. The fourth-order valence-corrected chi connectivity index (χ4v) is 3.75. The van der Waals surface area contributed by atoms with Gasteiger partial charge in [0.05, 0.1) is 6.42 Å². The van der Waals surface area contributed by atoms with Crippen molar-refractivity contribution in [1.29, 1.82) is 0 Å². The van der Waals surface area contributed by atoms with Gasteiger partial charge >= 0.3 is 0 Å². The summed E-state index contributed by atoms with van der Waals surface area (Å²) in [5, 5.41) is 12.6. The molecular formula is C27H29ClN2O3. The molecule has 0 aliphatic heterocycles. The van der Waals surface area contributed by atoms with Gasteiger partial charge in [-0.05, 0) is 35.2 Å². The zero-order valence-corrected chi connectivity index (χ0v) is 19.2. The molecule has 6 heteroatoms. The highest BCUT2D eigenvalue weighted by Crippen LogP contribution is 2.18. The molecule has 0 saturated carbocycles. The van der Waals surface area contributed by atoms with E-state index in [0.29, 0.717) is 24.4 Å². The van der Waals surface area contributed by atoms with E-state index in [9.17, 15) is 9.59 Å². The van der Waals surface area contributed by atoms with Crippen molar-refractivity contribution in [2.45, 2.75) is 31.8 Å². The Morgan fingerprint density at radius 2 is 1.45 bits per heavy atom. The number of carbonyl (C=O) groups is 2. The number of aliphatic hydroxyl groups excluding tert-OH is 1. The lowest BCUT2D eigenvalue weighted by Gasteiger charge is -2.31. The maximum absolute atomic E-state index is 13.5. The summed E-state index contributed by atoms with van der Waals surface area (Å²) in [6.07, 6.45) is 1.04. The maximum atomic E-state index is 13.5. The van der Waals surface area contributed by atoms with Crippen LogP contribution in [-0.2, 0) is 29.0 Å². The molecule has 0 spiro atoms. The molecule has 2 N–H and O–H groups in total. The van der Waals surface area contributed by atoms with Crippen LogP contribution in [0.25, 0.3) is 0 Å². The van der Waals surface area contributed by atoms with Crippen LogP contribution in [0.3, 0.4) is 0 Å². The first kappa shape index (κ1) is 24.5. The molecule has 0 aromatic heterocycles. The molecule has 0 fully saturated rings. The van der Waals surface area contributed by atoms with Gasteiger partial charge in [0.2, 0.25) is 11.8 Å². The van der Waals surface area contributed by atoms with Gasteiger partial charge in [0.25, 0.3) is 0 Å². The summed E-state index contributed by atoms with van der Waals surface area (Å²) in [5.74, 6) is -0.364. The third kappa shape index (κ3) is 7.74. The minimum atomic E-state index is -0.696. The number of amides is 2. The fraction of sp³-hybridized carbons (Fsp3) is 0.259. The zero-order chi connectivity index (χ0) is 23.5. The Balaban J connectivity index is 1.91. The monoisotopic (exact) mass is 464 g/mol. The van der Waals surface area contributed by atoms with E-state index in [-0.39, 0.29) is 31.4 Å². The van der Waals surface area contributed by atoms with Crippen molar-refractivity contribution in [2.24, 2.45) is 0 Å². The molecule has 5 nitrogen and oxygen atoms in total. The first-order chi connectivity index (χ1) is 16.1. The molecule has 3 rings (SSSR count). The highest BCUT2D eigenvalue weighted by atomic mass is 35.5. The van der Waals surface area contributed by atoms with Gasteiger partial charge in [-0.25, -0.2) is 0 Å². The Hall–Kier alpha value is -3.15. The van der Waals surface area contributed by atoms with Gasteiger partial charge in [-0.3, -0.25) is 9.59 Å². The van der Waals surface area contributed by atoms with Gasteiger partial charge in [-0.2, -0.15) is 0 Å². The molecule has 0 heterocycles. The molecule has 3 aromatic carbocycles. The maximum Gasteiger partial charge on any atom is 0.243 e. The Kier molecular flexibility index (Phi) is 9.48. The van der Waals surface area contributed by atoms with E-state index >= 15 is 0 Å². The van der Waals surface area contributed by atoms with Crippen LogP contribution in [0.15, 0.2) is 84.9 Å². The van der Waals surface area contributed by atoms with E-state index < -0.39 is 6.04 Å². The predicted molar refractivity (Wildman–Crippen MR) is 131 cm³/mol. The van der Waals surface area contributed by atoms with Crippen molar-refractivity contribution in [3.05, 3.63) is 107 Å². The van der Waals surface area contributed by atoms with Gasteiger partial charge in [0.1, 0.15) is 6.04 Å². The Morgan fingerprint density at radius 3 is 2.06 bits per heavy atom. The number of carbonyl (C=O) groups excluding carboxylic acids is 2. The van der Waals surface area contributed by atoms with Gasteiger partial charge in [0, 0.05) is 31.1 Å².